The zero-order chi connectivity index (χ0) is 13.0. The molecule has 98 valence electrons. The van der Waals surface area contributed by atoms with Gasteiger partial charge in [0.05, 0.1) is 6.61 Å². The van der Waals surface area contributed by atoms with Crippen molar-refractivity contribution >= 4 is 23.1 Å². The van der Waals surface area contributed by atoms with Gasteiger partial charge in [-0.25, -0.2) is 0 Å². The summed E-state index contributed by atoms with van der Waals surface area (Å²) < 4.78 is 5.91. The van der Waals surface area contributed by atoms with E-state index < -0.39 is 0 Å². The Hall–Kier alpha value is 0.436. The first kappa shape index (κ1) is 15.3. The normalized spacial score (nSPS) is 26.6. The number of thiazole rings is 1. The zero-order valence-electron chi connectivity index (χ0n) is 11.4. The van der Waals surface area contributed by atoms with Crippen molar-refractivity contribution in [3.05, 3.63) is 44.4 Å². The van der Waals surface area contributed by atoms with E-state index in [0.717, 1.165) is 21.4 Å². The summed E-state index contributed by atoms with van der Waals surface area (Å²) in [4.78, 5) is 16.8. The molecule has 0 saturated carbocycles. The van der Waals surface area contributed by atoms with E-state index in [1.165, 1.54) is 16.9 Å². The Bertz CT molecular complexity index is 711. The van der Waals surface area contributed by atoms with Crippen LogP contribution < -0.4 is 66.0 Å². The van der Waals surface area contributed by atoms with Crippen LogP contribution in [0.5, 0.6) is 5.75 Å². The van der Waals surface area contributed by atoms with Gasteiger partial charge in [-0.3, -0.25) is 0 Å². The smallest absolute Gasteiger partial charge is 0.608 e. The largest absolute Gasteiger partial charge is 1.00 e. The van der Waals surface area contributed by atoms with Gasteiger partial charge in [0.25, 0.3) is 0 Å². The van der Waals surface area contributed by atoms with Crippen LogP contribution in [0.25, 0.3) is 0 Å². The van der Waals surface area contributed by atoms with E-state index in [-0.39, 0.29) is 67.6 Å². The Labute approximate surface area is 167 Å². The van der Waals surface area contributed by atoms with Crippen molar-refractivity contribution in [1.29, 1.82) is 0 Å². The van der Waals surface area contributed by atoms with Crippen LogP contribution >= 0.6 is 23.1 Å². The molecule has 0 spiro atoms. The predicted molar refractivity (Wildman–Crippen MR) is 76.5 cm³/mol. The summed E-state index contributed by atoms with van der Waals surface area (Å²) in [6.45, 7) is 2.95. The van der Waals surface area contributed by atoms with Crippen molar-refractivity contribution in [2.24, 2.45) is 5.41 Å². The number of nitrogens with zero attached hydrogens (tertiary/aromatic N) is 1. The molecule has 0 aliphatic carbocycles. The minimum Gasteiger partial charge on any atom is -0.608 e. The van der Waals surface area contributed by atoms with Crippen LogP contribution in [-0.2, 0) is 0 Å². The number of rotatable bonds is 0. The number of thioether (sulfide) groups is 1. The second-order valence-corrected chi connectivity index (χ2v) is 7.31. The first-order valence-electron chi connectivity index (χ1n) is 6.20. The maximum absolute atomic E-state index is 11.6. The molecule has 2 atom stereocenters. The number of para-hydroxylation sites is 1. The number of aromatic nitrogens is 1. The van der Waals surface area contributed by atoms with E-state index in [1.807, 2.05) is 18.2 Å². The van der Waals surface area contributed by atoms with Crippen LogP contribution in [-0.4, -0.2) is 12.4 Å². The summed E-state index contributed by atoms with van der Waals surface area (Å²) in [6, 6.07) is 8.15. The maximum Gasteiger partial charge on any atom is 1.00 e. The quantitative estimate of drug-likeness (QED) is 0.623. The molecule has 0 fully saturated rings. The summed E-state index contributed by atoms with van der Waals surface area (Å²) in [6.07, 6.45) is 0. The zero-order valence-corrected chi connectivity index (χ0v) is 16.1. The van der Waals surface area contributed by atoms with Crippen molar-refractivity contribution < 1.29 is 56.1 Å². The van der Waals surface area contributed by atoms with E-state index in [4.69, 9.17) is 4.74 Å². The molecule has 0 amide bonds. The predicted octanol–water partition coefficient (Wildman–Crippen LogP) is -0.294. The molecule has 1 aromatic carbocycles. The molecule has 2 aliphatic rings. The van der Waals surface area contributed by atoms with Gasteiger partial charge < -0.3 is 14.5 Å². The molecule has 0 radical (unpaired) electrons. The molecule has 1 aromatic heterocycles. The van der Waals surface area contributed by atoms with Gasteiger partial charge in [-0.15, -0.1) is 23.1 Å². The minimum atomic E-state index is -0.0780. The maximum atomic E-state index is 11.6. The Morgan fingerprint density at radius 1 is 1.40 bits per heavy atom. The molecule has 6 heteroatoms. The van der Waals surface area contributed by atoms with Crippen LogP contribution in [0.1, 0.15) is 23.3 Å². The van der Waals surface area contributed by atoms with Gasteiger partial charge >= 0.3 is 51.4 Å². The molecule has 0 saturated heterocycles. The van der Waals surface area contributed by atoms with Crippen LogP contribution in [0, 0.1) is 5.41 Å². The Morgan fingerprint density at radius 2 is 2.20 bits per heavy atom. The van der Waals surface area contributed by atoms with Gasteiger partial charge in [0, 0.05) is 27.5 Å². The average Bonchev–Trinajstić information content (AvgIpc) is 2.78. The van der Waals surface area contributed by atoms with Crippen molar-refractivity contribution in [2.75, 3.05) is 12.4 Å². The molecule has 0 N–H and O–H groups in total. The van der Waals surface area contributed by atoms with Crippen molar-refractivity contribution in [1.82, 2.24) is 4.98 Å². The van der Waals surface area contributed by atoms with Crippen molar-refractivity contribution in [2.45, 2.75) is 17.9 Å². The minimum absolute atomic E-state index is 0. The first-order chi connectivity index (χ1) is 9.17. The number of ether oxygens (including phenoxy) is 1. The van der Waals surface area contributed by atoms with Gasteiger partial charge in [-0.05, 0) is 6.07 Å². The number of hydrogen-bond acceptors (Lipinski definition) is 4. The first-order valence-corrected chi connectivity index (χ1v) is 8.00. The summed E-state index contributed by atoms with van der Waals surface area (Å²) in [5.41, 5.74) is 1.24. The van der Waals surface area contributed by atoms with Gasteiger partial charge in [0.15, 0.2) is 0 Å². The molecule has 0 bridgehead atoms. The van der Waals surface area contributed by atoms with E-state index in [0.29, 0.717) is 6.61 Å². The van der Waals surface area contributed by atoms with Crippen molar-refractivity contribution in [3.8, 4) is 5.75 Å². The van der Waals surface area contributed by atoms with E-state index >= 15 is 0 Å². The number of fused-ring (bicyclic) bond motifs is 5. The van der Waals surface area contributed by atoms with E-state index in [9.17, 15) is 4.79 Å². The molecular weight excluding hydrogens is 317 g/mol. The van der Waals surface area contributed by atoms with Crippen molar-refractivity contribution in [3.63, 3.8) is 0 Å². The van der Waals surface area contributed by atoms with E-state index in [2.05, 4.69) is 18.0 Å². The standard InChI is InChI=1S/C14H13NO2S2.K/c1-14-6-17-9-5-3-2-4-8(9)10(14)11-12(18-7-14)15-13(16)19-11;/h2-5,10H,6-7H2,1H3,(H,15,16);/q;+1/p-1. The monoisotopic (exact) mass is 329 g/mol. The summed E-state index contributed by atoms with van der Waals surface area (Å²) in [5.74, 6) is 2.14. The third kappa shape index (κ3) is 2.29. The number of benzene rings is 1. The van der Waals surface area contributed by atoms with Crippen LogP contribution in [0.15, 0.2) is 34.1 Å². The van der Waals surface area contributed by atoms with Gasteiger partial charge in [-0.1, -0.05) is 30.1 Å². The van der Waals surface area contributed by atoms with Gasteiger partial charge in [0.2, 0.25) is 0 Å². The molecule has 2 unspecified atom stereocenters. The second kappa shape index (κ2) is 5.57. The summed E-state index contributed by atoms with van der Waals surface area (Å²) in [5, 5.41) is 0.925. The molecule has 3 heterocycles. The van der Waals surface area contributed by atoms with Crippen LogP contribution in [0.2, 0.25) is 0 Å². The third-order valence-corrected chi connectivity index (χ3v) is 6.32. The Balaban J connectivity index is 0.00000121. The summed E-state index contributed by atoms with van der Waals surface area (Å²) in [7, 11) is 0. The molecule has 4 rings (SSSR count). The molecule has 3 nitrogen and oxygen atoms in total. The molecule has 20 heavy (non-hydrogen) atoms. The second-order valence-electron chi connectivity index (χ2n) is 5.35. The molecule has 2 aliphatic heterocycles. The third-order valence-electron chi connectivity index (χ3n) is 3.89. The van der Waals surface area contributed by atoms with Crippen LogP contribution in [0.4, 0.5) is 0 Å². The molecule has 2 aromatic rings. The topological polar surface area (TPSA) is 40.4 Å². The Morgan fingerprint density at radius 3 is 3.05 bits per heavy atom. The van der Waals surface area contributed by atoms with Gasteiger partial charge in [0.1, 0.15) is 10.6 Å². The van der Waals surface area contributed by atoms with Crippen LogP contribution in [0.3, 0.4) is 0 Å². The fourth-order valence-electron chi connectivity index (χ4n) is 2.95. The SMILES string of the molecule is CC12COc3ccccc3C1c1sc(=O)[n-]c1SC2.[K+]. The fourth-order valence-corrected chi connectivity index (χ4v) is 5.42. The Kier molecular flexibility index (Phi) is 4.27. The fraction of sp³-hybridized carbons (Fsp3) is 0.357. The summed E-state index contributed by atoms with van der Waals surface area (Å²) >= 11 is 2.98. The van der Waals surface area contributed by atoms with Gasteiger partial charge in [-0.2, -0.15) is 0 Å². The number of hydrogen-bond donors (Lipinski definition) is 0. The average molecular weight is 329 g/mol. The van der Waals surface area contributed by atoms with E-state index in [1.54, 1.807) is 11.8 Å². The molecular formula is C14H12KNO2S2.